The molecule has 0 aliphatic carbocycles. The monoisotopic (exact) mass is 1290 g/mol. The number of aliphatic hydroxyl groups is 1. The highest BCUT2D eigenvalue weighted by Crippen LogP contribution is 2.31. The number of carbonyl (C=O) groups excluding carboxylic acids is 9. The average Bonchev–Trinajstić information content (AvgIpc) is 1.81. The van der Waals surface area contributed by atoms with Gasteiger partial charge in [-0.2, -0.15) is 0 Å². The third-order valence-electron chi connectivity index (χ3n) is 19.4. The van der Waals surface area contributed by atoms with Crippen LogP contribution in [0.4, 0.5) is 5.82 Å². The number of anilines is 1. The summed E-state index contributed by atoms with van der Waals surface area (Å²) in [5.74, 6) is -7.04. The van der Waals surface area contributed by atoms with Crippen molar-refractivity contribution in [1.82, 2.24) is 45.4 Å². The van der Waals surface area contributed by atoms with Gasteiger partial charge in [0.15, 0.2) is 12.1 Å². The van der Waals surface area contributed by atoms with E-state index in [0.717, 1.165) is 47.8 Å². The van der Waals surface area contributed by atoms with Gasteiger partial charge < -0.3 is 55.2 Å². The van der Waals surface area contributed by atoms with Crippen LogP contribution in [0.15, 0.2) is 72.9 Å². The highest BCUT2D eigenvalue weighted by molar-refractivity contribution is 5.99. The van der Waals surface area contributed by atoms with E-state index in [2.05, 4.69) is 33.8 Å². The highest BCUT2D eigenvalue weighted by Gasteiger charge is 2.48. The van der Waals surface area contributed by atoms with Gasteiger partial charge in [-0.05, 0) is 123 Å². The molecule has 0 spiro atoms. The summed E-state index contributed by atoms with van der Waals surface area (Å²) in [5, 5.41) is 20.8. The molecule has 3 aliphatic heterocycles. The second-order valence-electron chi connectivity index (χ2n) is 28.3. The Kier molecular flexibility index (Phi) is 26.6. The number of aromatic nitrogens is 1. The van der Waals surface area contributed by atoms with Gasteiger partial charge in [-0.25, -0.2) is 9.78 Å². The predicted octanol–water partition coefficient (Wildman–Crippen LogP) is 7.06. The number of rotatable bonds is 16. The number of piperidine rings is 1. The van der Waals surface area contributed by atoms with Gasteiger partial charge in [-0.3, -0.25) is 38.4 Å². The Morgan fingerprint density at radius 2 is 1.17 bits per heavy atom. The van der Waals surface area contributed by atoms with Gasteiger partial charge in [0.2, 0.25) is 41.4 Å². The summed E-state index contributed by atoms with van der Waals surface area (Å²) >= 11 is 0. The number of nitrogens with one attached hydrogen (secondary N) is 3. The molecule has 512 valence electrons. The summed E-state index contributed by atoms with van der Waals surface area (Å²) in [7, 11) is 5.73. The lowest BCUT2D eigenvalue weighted by Gasteiger charge is -2.39. The fourth-order valence-electron chi connectivity index (χ4n) is 13.3. The van der Waals surface area contributed by atoms with E-state index >= 15 is 28.8 Å². The maximum atomic E-state index is 15.9. The van der Waals surface area contributed by atoms with Crippen LogP contribution in [0.25, 0.3) is 11.1 Å². The number of hydrogen-bond donors (Lipinski definition) is 4. The van der Waals surface area contributed by atoms with Gasteiger partial charge in [0.1, 0.15) is 48.1 Å². The Morgan fingerprint density at radius 1 is 0.602 bits per heavy atom. The largest absolute Gasteiger partial charge is 0.450 e. The van der Waals surface area contributed by atoms with Gasteiger partial charge in [0.05, 0.1) is 5.60 Å². The van der Waals surface area contributed by atoms with Crippen molar-refractivity contribution in [3.63, 3.8) is 0 Å². The number of nitrogens with zero attached hydrogens (tertiary/aromatic N) is 7. The molecule has 0 radical (unpaired) electrons. The number of cyclic esters (lactones) is 1. The zero-order chi connectivity index (χ0) is 68.9. The van der Waals surface area contributed by atoms with Crippen LogP contribution in [0.3, 0.4) is 0 Å². The van der Waals surface area contributed by atoms with E-state index in [-0.39, 0.29) is 38.1 Å². The molecule has 4 heterocycles. The van der Waals surface area contributed by atoms with Crippen molar-refractivity contribution in [2.45, 2.75) is 214 Å². The van der Waals surface area contributed by atoms with E-state index in [1.807, 2.05) is 88.4 Å². The number of pyridine rings is 1. The minimum absolute atomic E-state index is 0.0131. The van der Waals surface area contributed by atoms with Crippen molar-refractivity contribution in [1.29, 1.82) is 0 Å². The molecule has 21 nitrogen and oxygen atoms in total. The van der Waals surface area contributed by atoms with Crippen LogP contribution < -0.4 is 20.9 Å². The third kappa shape index (κ3) is 18.7. The molecule has 1 aromatic heterocycles. The van der Waals surface area contributed by atoms with Crippen LogP contribution in [-0.4, -0.2) is 196 Å². The zero-order valence-electron chi connectivity index (χ0n) is 58.4. The molecule has 3 fully saturated rings. The Morgan fingerprint density at radius 3 is 1.75 bits per heavy atom. The van der Waals surface area contributed by atoms with Crippen molar-refractivity contribution < 1.29 is 53.0 Å². The number of carbonyl (C=O) groups is 9. The number of amides is 8. The summed E-state index contributed by atoms with van der Waals surface area (Å²) in [6, 6.07) is 10.5. The number of hydrogen-bond acceptors (Lipinski definition) is 13. The predicted molar refractivity (Wildman–Crippen MR) is 360 cm³/mol. The summed E-state index contributed by atoms with van der Waals surface area (Å²) in [5.41, 5.74) is 1.17. The van der Waals surface area contributed by atoms with Crippen LogP contribution in [0, 0.1) is 35.5 Å². The van der Waals surface area contributed by atoms with Crippen LogP contribution in [-0.2, 0) is 60.7 Å². The fourth-order valence-corrected chi connectivity index (χ4v) is 13.3. The Labute approximate surface area is 552 Å². The molecule has 3 saturated heterocycles. The first kappa shape index (κ1) is 74.6. The summed E-state index contributed by atoms with van der Waals surface area (Å²) in [6.45, 7) is 25.0. The molecular weight excluding hydrogens is 1180 g/mol. The maximum absolute atomic E-state index is 15.9. The molecule has 3 aliphatic rings. The first-order chi connectivity index (χ1) is 43.8. The maximum Gasteiger partial charge on any atom is 0.332 e. The van der Waals surface area contributed by atoms with Crippen LogP contribution >= 0.6 is 0 Å². The molecule has 6 rings (SSSR count). The quantitative estimate of drug-likeness (QED) is 0.105. The first-order valence-electron chi connectivity index (χ1n) is 33.9. The lowest BCUT2D eigenvalue weighted by atomic mass is 9.93. The molecule has 21 heteroatoms. The smallest absolute Gasteiger partial charge is 0.332 e. The Balaban J connectivity index is 1.52. The van der Waals surface area contributed by atoms with Crippen LogP contribution in [0.2, 0.25) is 0 Å². The first-order valence-corrected chi connectivity index (χ1v) is 33.9. The van der Waals surface area contributed by atoms with Gasteiger partial charge in [0.25, 0.3) is 5.91 Å². The van der Waals surface area contributed by atoms with Gasteiger partial charge in [-0.15, -0.1) is 0 Å². The number of ether oxygens (including phenoxy) is 1. The minimum Gasteiger partial charge on any atom is -0.450 e. The molecule has 0 saturated carbocycles. The van der Waals surface area contributed by atoms with Gasteiger partial charge in [0, 0.05) is 72.8 Å². The molecule has 0 bridgehead atoms. The van der Waals surface area contributed by atoms with E-state index in [1.165, 1.54) is 61.6 Å². The van der Waals surface area contributed by atoms with Gasteiger partial charge in [-0.1, -0.05) is 137 Å². The van der Waals surface area contributed by atoms with E-state index in [9.17, 15) is 19.5 Å². The second kappa shape index (κ2) is 33.1. The van der Waals surface area contributed by atoms with E-state index in [0.29, 0.717) is 42.7 Å². The van der Waals surface area contributed by atoms with Crippen molar-refractivity contribution in [3.05, 3.63) is 84.1 Å². The van der Waals surface area contributed by atoms with Gasteiger partial charge >= 0.3 is 5.97 Å². The highest BCUT2D eigenvalue weighted by atomic mass is 16.6. The molecule has 11 atom stereocenters. The topological polar surface area (TPSA) is 252 Å². The molecular formula is C72H108N10O11. The lowest BCUT2D eigenvalue weighted by molar-refractivity contribution is -0.177. The molecule has 4 N–H and O–H groups in total. The van der Waals surface area contributed by atoms with Crippen molar-refractivity contribution in [2.75, 3.05) is 52.7 Å². The van der Waals surface area contributed by atoms with Crippen molar-refractivity contribution in [3.8, 4) is 11.1 Å². The fraction of sp³-hybridized carbons (Fsp3) is 0.639. The van der Waals surface area contributed by atoms with Crippen LogP contribution in [0.1, 0.15) is 153 Å². The molecule has 93 heavy (non-hydrogen) atoms. The molecule has 0 unspecified atom stereocenters. The van der Waals surface area contributed by atoms with E-state index in [1.54, 1.807) is 47.7 Å². The number of likely N-dealkylation sites (N-methyl/N-ethyl adjacent to an activating group) is 4. The SMILES string of the molecule is CC[C@H](C)[C@@H]1NC(=O)[C@@H]2CCCN2C(=O)[C@H](Cc2cccc(-c3ccnc(N4CCC(C)CC4)c3)c2)N(C)C(=O)[C@H](Cc2ccccc2)NC(=O)[C@H](C(C)C)N(C)C(=O)[C@@H]([C@@H](C)CC)OC(=O)[C@H](C(C)(C)O)N(C)C(=O)[C@H](CCC(C)C)NC(=O)[C@H](C(C)C)N(C)C1=O. The normalized spacial score (nSPS) is 25.5. The molecule has 8 amide bonds. The van der Waals surface area contributed by atoms with E-state index in [4.69, 9.17) is 9.72 Å². The summed E-state index contributed by atoms with van der Waals surface area (Å²) in [6.07, 6.45) is 4.31. The molecule has 3 aromatic rings. The summed E-state index contributed by atoms with van der Waals surface area (Å²) in [4.78, 5) is 150. The van der Waals surface area contributed by atoms with E-state index < -0.39 is 137 Å². The van der Waals surface area contributed by atoms with Crippen molar-refractivity contribution >= 4 is 59.0 Å². The van der Waals surface area contributed by atoms with Crippen molar-refractivity contribution in [2.24, 2.45) is 35.5 Å². The molecule has 2 aromatic carbocycles. The third-order valence-corrected chi connectivity index (χ3v) is 19.4. The zero-order valence-corrected chi connectivity index (χ0v) is 58.4. The second-order valence-corrected chi connectivity index (χ2v) is 28.3. The number of benzene rings is 2. The Bertz CT molecular complexity index is 3070. The lowest BCUT2D eigenvalue weighted by Crippen LogP contribution is -2.63. The Hall–Kier alpha value is -7.42. The van der Waals surface area contributed by atoms with Crippen LogP contribution in [0.5, 0.6) is 0 Å². The average molecular weight is 1290 g/mol. The number of esters is 1. The summed E-state index contributed by atoms with van der Waals surface area (Å²) < 4.78 is 6.17. The number of fused-ring (bicyclic) bond motifs is 1. The minimum atomic E-state index is -1.99. The standard InChI is InChI=1S/C72H108N10O11/c1-18-47(10)58-69(89)78(15)59(44(5)6)64(84)74-53(31-30-43(3)4)66(86)80(17)62(72(12,13)92)71(91)93-61(48(11)19-2)70(90)79(16)60(45(7)8)65(85)75-54(40-49-25-21-20-22-26-49)67(87)77(14)56(68(88)82-36-24-29-55(82)63(83)76-58)41-50-27-23-28-51(39-50)52-32-35-73-57(42-52)81-37-33-46(9)34-38-81/h20-23,25-28,32,35,39,42-48,53-56,58-62,92H,18-19,24,29-31,33-34,36-38,40-41H2,1-17H3,(H,74,84)(H,75,85)(H,76,83)/t47-,48-,53-,54-,55-,56-,58-,59-,60-,61+,62+/m0/s1.